The second kappa shape index (κ2) is 7.77. The van der Waals surface area contributed by atoms with Gasteiger partial charge in [0.15, 0.2) is 0 Å². The number of nitrogens with one attached hydrogen (secondary N) is 2. The van der Waals surface area contributed by atoms with Gasteiger partial charge in [0.05, 0.1) is 17.4 Å². The van der Waals surface area contributed by atoms with Crippen molar-refractivity contribution in [2.75, 3.05) is 13.6 Å². The number of carbonyl (C=O) groups excluding carboxylic acids is 1. The summed E-state index contributed by atoms with van der Waals surface area (Å²) >= 11 is 0. The minimum atomic E-state index is -0.283. The highest BCUT2D eigenvalue weighted by atomic mass is 19.1. The smallest absolute Gasteiger partial charge is 0.317 e. The molecule has 2 N–H and O–H groups in total. The molecule has 2 amide bonds. The molecule has 1 heterocycles. The first kappa shape index (κ1) is 17.6. The number of hydrogen-bond acceptors (Lipinski definition) is 3. The Morgan fingerprint density at radius 1 is 1.19 bits per heavy atom. The van der Waals surface area contributed by atoms with Crippen LogP contribution in [0.25, 0.3) is 10.9 Å². The van der Waals surface area contributed by atoms with Gasteiger partial charge < -0.3 is 15.2 Å². The fourth-order valence-corrected chi connectivity index (χ4v) is 2.61. The Labute approximate surface area is 149 Å². The number of hydrogen-bond donors (Lipinski definition) is 2. The van der Waals surface area contributed by atoms with Crippen LogP contribution in [-0.4, -0.2) is 34.5 Å². The lowest BCUT2D eigenvalue weighted by Gasteiger charge is -2.17. The van der Waals surface area contributed by atoms with Crippen LogP contribution in [-0.2, 0) is 13.0 Å². The summed E-state index contributed by atoms with van der Waals surface area (Å²) < 4.78 is 12.9. The number of urea groups is 1. The van der Waals surface area contributed by atoms with Crippen molar-refractivity contribution in [3.8, 4) is 0 Å². The zero-order valence-corrected chi connectivity index (χ0v) is 14.3. The minimum absolute atomic E-state index is 0.183. The maximum atomic E-state index is 12.9. The quantitative estimate of drug-likeness (QED) is 0.739. The van der Waals surface area contributed by atoms with Crippen molar-refractivity contribution in [3.05, 3.63) is 76.1 Å². The van der Waals surface area contributed by atoms with Gasteiger partial charge in [0.2, 0.25) is 0 Å². The Morgan fingerprint density at radius 2 is 1.92 bits per heavy atom. The molecule has 7 heteroatoms. The van der Waals surface area contributed by atoms with E-state index >= 15 is 0 Å². The second-order valence-corrected chi connectivity index (χ2v) is 5.99. The molecule has 3 aromatic rings. The number of aromatic nitrogens is 2. The zero-order valence-electron chi connectivity index (χ0n) is 14.3. The third kappa shape index (κ3) is 4.24. The van der Waals surface area contributed by atoms with Crippen molar-refractivity contribution < 1.29 is 9.18 Å². The van der Waals surface area contributed by atoms with E-state index in [0.29, 0.717) is 29.7 Å². The summed E-state index contributed by atoms with van der Waals surface area (Å²) in [7, 11) is 1.63. The molecule has 0 unspecified atom stereocenters. The van der Waals surface area contributed by atoms with E-state index in [4.69, 9.17) is 0 Å². The van der Waals surface area contributed by atoms with Crippen molar-refractivity contribution in [3.63, 3.8) is 0 Å². The first-order chi connectivity index (χ1) is 12.5. The van der Waals surface area contributed by atoms with Crippen LogP contribution in [0, 0.1) is 5.82 Å². The van der Waals surface area contributed by atoms with Crippen LogP contribution in [0.2, 0.25) is 0 Å². The van der Waals surface area contributed by atoms with Gasteiger partial charge in [-0.25, -0.2) is 14.2 Å². The Kier molecular flexibility index (Phi) is 5.26. The Balaban J connectivity index is 1.57. The van der Waals surface area contributed by atoms with Gasteiger partial charge in [-0.3, -0.25) is 4.79 Å². The van der Waals surface area contributed by atoms with Crippen LogP contribution < -0.4 is 10.9 Å². The van der Waals surface area contributed by atoms with Gasteiger partial charge in [0.25, 0.3) is 5.56 Å². The number of rotatable bonds is 5. The van der Waals surface area contributed by atoms with E-state index in [1.165, 1.54) is 17.0 Å². The first-order valence-electron chi connectivity index (χ1n) is 8.24. The predicted octanol–water partition coefficient (Wildman–Crippen LogP) is 2.45. The molecule has 26 heavy (non-hydrogen) atoms. The molecule has 0 spiro atoms. The summed E-state index contributed by atoms with van der Waals surface area (Å²) in [5.41, 5.74) is 1.31. The molecule has 0 saturated heterocycles. The van der Waals surface area contributed by atoms with Gasteiger partial charge in [-0.15, -0.1) is 0 Å². The number of aromatic amines is 1. The summed E-state index contributed by atoms with van der Waals surface area (Å²) in [6.07, 6.45) is 0.602. The molecular weight excluding hydrogens is 335 g/mol. The van der Waals surface area contributed by atoms with Crippen LogP contribution in [0.1, 0.15) is 11.4 Å². The summed E-state index contributed by atoms with van der Waals surface area (Å²) in [6.45, 7) is 0.610. The minimum Gasteiger partial charge on any atom is -0.338 e. The van der Waals surface area contributed by atoms with Gasteiger partial charge in [0, 0.05) is 13.6 Å². The molecule has 0 fully saturated rings. The first-order valence-corrected chi connectivity index (χ1v) is 8.24. The van der Waals surface area contributed by atoms with Crippen LogP contribution >= 0.6 is 0 Å². The molecule has 3 rings (SSSR count). The largest absolute Gasteiger partial charge is 0.338 e. The van der Waals surface area contributed by atoms with E-state index in [1.807, 2.05) is 6.07 Å². The van der Waals surface area contributed by atoms with Crippen molar-refractivity contribution >= 4 is 16.9 Å². The number of nitrogens with zero attached hydrogens (tertiary/aromatic N) is 2. The molecular formula is C19H19FN4O2. The number of benzene rings is 2. The molecule has 0 aliphatic heterocycles. The van der Waals surface area contributed by atoms with Crippen molar-refractivity contribution in [2.45, 2.75) is 13.0 Å². The van der Waals surface area contributed by atoms with E-state index in [2.05, 4.69) is 15.3 Å². The van der Waals surface area contributed by atoms with E-state index in [-0.39, 0.29) is 24.0 Å². The van der Waals surface area contributed by atoms with Crippen molar-refractivity contribution in [1.29, 1.82) is 0 Å². The molecule has 0 saturated carbocycles. The molecule has 0 aliphatic carbocycles. The monoisotopic (exact) mass is 354 g/mol. The third-order valence-electron chi connectivity index (χ3n) is 4.00. The van der Waals surface area contributed by atoms with Gasteiger partial charge in [-0.2, -0.15) is 0 Å². The number of halogens is 1. The Morgan fingerprint density at radius 3 is 2.69 bits per heavy atom. The Bertz CT molecular complexity index is 969. The lowest BCUT2D eigenvalue weighted by molar-refractivity contribution is 0.206. The second-order valence-electron chi connectivity index (χ2n) is 5.99. The van der Waals surface area contributed by atoms with Crippen molar-refractivity contribution in [1.82, 2.24) is 20.2 Å². The van der Waals surface area contributed by atoms with E-state index in [1.54, 1.807) is 37.4 Å². The highest BCUT2D eigenvalue weighted by Gasteiger charge is 2.11. The zero-order chi connectivity index (χ0) is 18.5. The SMILES string of the molecule is CN(Cc1nc2ccccc2c(=O)[nH]1)C(=O)NCCc1ccc(F)cc1. The number of carbonyl (C=O) groups is 1. The highest BCUT2D eigenvalue weighted by molar-refractivity contribution is 5.77. The lowest BCUT2D eigenvalue weighted by Crippen LogP contribution is -2.38. The highest BCUT2D eigenvalue weighted by Crippen LogP contribution is 2.07. The number of H-pyrrole nitrogens is 1. The standard InChI is InChI=1S/C19H19FN4O2/c1-24(19(26)21-11-10-13-6-8-14(20)9-7-13)12-17-22-16-5-3-2-4-15(16)18(25)23-17/h2-9H,10-12H2,1H3,(H,21,26)(H,22,23,25). The summed E-state index contributed by atoms with van der Waals surface area (Å²) in [6, 6.07) is 12.9. The fraction of sp³-hybridized carbons (Fsp3) is 0.211. The van der Waals surface area contributed by atoms with E-state index < -0.39 is 0 Å². The summed E-state index contributed by atoms with van der Waals surface area (Å²) in [5, 5.41) is 3.31. The van der Waals surface area contributed by atoms with Gasteiger partial charge in [-0.1, -0.05) is 24.3 Å². The molecule has 0 aliphatic rings. The van der Waals surface area contributed by atoms with Crippen LogP contribution in [0.5, 0.6) is 0 Å². The maximum absolute atomic E-state index is 12.9. The molecule has 1 aromatic heterocycles. The van der Waals surface area contributed by atoms with Gasteiger partial charge >= 0.3 is 6.03 Å². The molecule has 0 radical (unpaired) electrons. The topological polar surface area (TPSA) is 78.1 Å². The molecule has 6 nitrogen and oxygen atoms in total. The predicted molar refractivity (Wildman–Crippen MR) is 97.3 cm³/mol. The summed E-state index contributed by atoms with van der Waals surface area (Å²) in [4.78, 5) is 32.8. The number of fused-ring (bicyclic) bond motifs is 1. The van der Waals surface area contributed by atoms with Crippen LogP contribution in [0.15, 0.2) is 53.3 Å². The van der Waals surface area contributed by atoms with Crippen LogP contribution in [0.3, 0.4) is 0 Å². The number of amides is 2. The average Bonchev–Trinajstić information content (AvgIpc) is 2.63. The Hall–Kier alpha value is -3.22. The third-order valence-corrected chi connectivity index (χ3v) is 4.00. The van der Waals surface area contributed by atoms with Gasteiger partial charge in [-0.05, 0) is 36.2 Å². The molecule has 0 bridgehead atoms. The molecule has 2 aromatic carbocycles. The maximum Gasteiger partial charge on any atom is 0.317 e. The van der Waals surface area contributed by atoms with Crippen molar-refractivity contribution in [2.24, 2.45) is 0 Å². The summed E-state index contributed by atoms with van der Waals surface area (Å²) in [5.74, 6) is 0.138. The molecule has 134 valence electrons. The molecule has 0 atom stereocenters. The van der Waals surface area contributed by atoms with Gasteiger partial charge in [0.1, 0.15) is 11.6 Å². The van der Waals surface area contributed by atoms with E-state index in [9.17, 15) is 14.0 Å². The average molecular weight is 354 g/mol. The fourth-order valence-electron chi connectivity index (χ4n) is 2.61. The lowest BCUT2D eigenvalue weighted by atomic mass is 10.1. The number of para-hydroxylation sites is 1. The normalized spacial score (nSPS) is 10.7. The van der Waals surface area contributed by atoms with Crippen LogP contribution in [0.4, 0.5) is 9.18 Å². The van der Waals surface area contributed by atoms with E-state index in [0.717, 1.165) is 5.56 Å².